The number of nitrogens with one attached hydrogen (secondary N) is 2. The maximum atomic E-state index is 6.01. The van der Waals surface area contributed by atoms with Gasteiger partial charge in [-0.1, -0.05) is 32.0 Å². The zero-order chi connectivity index (χ0) is 19.5. The standard InChI is InChI=1S/C19H31N7O/c1-5-26(6-2)11-12-27-17-10-8-7-9-16(17)13-21-19(20-3)22-14-18-23-15-24-25(18)4/h7-10,15H,5-6,11-14H2,1-4H3,(H2,20,21,22). The van der Waals surface area contributed by atoms with Crippen molar-refractivity contribution in [2.75, 3.05) is 33.3 Å². The fraction of sp³-hybridized carbons (Fsp3) is 0.526. The molecule has 0 aliphatic heterocycles. The zero-order valence-electron chi connectivity index (χ0n) is 16.8. The van der Waals surface area contributed by atoms with E-state index in [1.165, 1.54) is 0 Å². The van der Waals surface area contributed by atoms with E-state index in [4.69, 9.17) is 4.74 Å². The van der Waals surface area contributed by atoms with Gasteiger partial charge in [0.05, 0.1) is 6.54 Å². The van der Waals surface area contributed by atoms with E-state index in [9.17, 15) is 0 Å². The molecule has 2 aromatic rings. The molecule has 0 unspecified atom stereocenters. The van der Waals surface area contributed by atoms with Gasteiger partial charge in [-0.2, -0.15) is 5.10 Å². The van der Waals surface area contributed by atoms with Gasteiger partial charge in [-0.25, -0.2) is 4.98 Å². The van der Waals surface area contributed by atoms with Gasteiger partial charge < -0.3 is 20.3 Å². The maximum absolute atomic E-state index is 6.01. The first kappa shape index (κ1) is 20.7. The molecular formula is C19H31N7O. The molecule has 0 aliphatic carbocycles. The van der Waals surface area contributed by atoms with Crippen molar-refractivity contribution >= 4 is 5.96 Å². The summed E-state index contributed by atoms with van der Waals surface area (Å²) in [5.74, 6) is 2.45. The highest BCUT2D eigenvalue weighted by molar-refractivity contribution is 5.79. The molecule has 2 rings (SSSR count). The lowest BCUT2D eigenvalue weighted by Gasteiger charge is -2.19. The van der Waals surface area contributed by atoms with Crippen LogP contribution in [0.2, 0.25) is 0 Å². The average molecular weight is 374 g/mol. The molecule has 0 spiro atoms. The summed E-state index contributed by atoms with van der Waals surface area (Å²) in [4.78, 5) is 10.8. The van der Waals surface area contributed by atoms with Crippen LogP contribution >= 0.6 is 0 Å². The van der Waals surface area contributed by atoms with Crippen molar-refractivity contribution in [2.45, 2.75) is 26.9 Å². The number of nitrogens with zero attached hydrogens (tertiary/aromatic N) is 5. The van der Waals surface area contributed by atoms with Gasteiger partial charge in [-0.3, -0.25) is 9.67 Å². The predicted molar refractivity (Wildman–Crippen MR) is 108 cm³/mol. The predicted octanol–water partition coefficient (Wildman–Crippen LogP) is 1.40. The number of aryl methyl sites for hydroxylation is 1. The Morgan fingerprint density at radius 1 is 1.19 bits per heavy atom. The summed E-state index contributed by atoms with van der Waals surface area (Å²) in [5.41, 5.74) is 1.10. The third-order valence-electron chi connectivity index (χ3n) is 4.42. The number of guanidine groups is 1. The molecule has 2 N–H and O–H groups in total. The first-order valence-corrected chi connectivity index (χ1v) is 9.38. The van der Waals surface area contributed by atoms with Gasteiger partial charge in [-0.05, 0) is 19.2 Å². The Kier molecular flexibility index (Phi) is 8.57. The summed E-state index contributed by atoms with van der Waals surface area (Å²) in [6.45, 7) is 9.20. The third-order valence-corrected chi connectivity index (χ3v) is 4.42. The Morgan fingerprint density at radius 3 is 2.59 bits per heavy atom. The second-order valence-corrected chi connectivity index (χ2v) is 6.06. The molecule has 0 aliphatic rings. The van der Waals surface area contributed by atoms with Crippen molar-refractivity contribution in [1.82, 2.24) is 30.3 Å². The smallest absolute Gasteiger partial charge is 0.191 e. The zero-order valence-corrected chi connectivity index (χ0v) is 16.8. The van der Waals surface area contributed by atoms with Crippen molar-refractivity contribution in [3.8, 4) is 5.75 Å². The molecule has 0 saturated carbocycles. The molecule has 1 aromatic heterocycles. The number of aliphatic imine (C=N–C) groups is 1. The minimum Gasteiger partial charge on any atom is -0.492 e. The molecule has 27 heavy (non-hydrogen) atoms. The number of para-hydroxylation sites is 1. The van der Waals surface area contributed by atoms with Gasteiger partial charge in [0.1, 0.15) is 24.5 Å². The minimum absolute atomic E-state index is 0.554. The van der Waals surface area contributed by atoms with Crippen LogP contribution in [0, 0.1) is 0 Å². The van der Waals surface area contributed by atoms with Gasteiger partial charge in [0.2, 0.25) is 0 Å². The summed E-state index contributed by atoms with van der Waals surface area (Å²) in [5, 5.41) is 10.6. The molecule has 0 amide bonds. The van der Waals surface area contributed by atoms with Crippen LogP contribution in [0.4, 0.5) is 0 Å². The minimum atomic E-state index is 0.554. The quantitative estimate of drug-likeness (QED) is 0.484. The number of ether oxygens (including phenoxy) is 1. The van der Waals surface area contributed by atoms with Crippen molar-refractivity contribution < 1.29 is 4.74 Å². The van der Waals surface area contributed by atoms with Crippen LogP contribution in [0.3, 0.4) is 0 Å². The Hall–Kier alpha value is -2.61. The molecule has 0 fully saturated rings. The van der Waals surface area contributed by atoms with Crippen LogP contribution in [-0.4, -0.2) is 58.9 Å². The summed E-state index contributed by atoms with van der Waals surface area (Å²) in [6.07, 6.45) is 1.54. The van der Waals surface area contributed by atoms with Crippen LogP contribution in [0.5, 0.6) is 5.75 Å². The SMILES string of the molecule is CCN(CC)CCOc1ccccc1CNC(=NC)NCc1ncnn1C. The Morgan fingerprint density at radius 2 is 1.93 bits per heavy atom. The molecule has 0 radical (unpaired) electrons. The van der Waals surface area contributed by atoms with Gasteiger partial charge >= 0.3 is 0 Å². The van der Waals surface area contributed by atoms with Gasteiger partial charge in [0.15, 0.2) is 5.96 Å². The molecule has 1 aromatic carbocycles. The van der Waals surface area contributed by atoms with E-state index >= 15 is 0 Å². The number of rotatable bonds is 10. The molecule has 8 nitrogen and oxygen atoms in total. The lowest BCUT2D eigenvalue weighted by atomic mass is 10.2. The lowest BCUT2D eigenvalue weighted by molar-refractivity contribution is 0.221. The molecule has 8 heteroatoms. The number of hydrogen-bond acceptors (Lipinski definition) is 5. The van der Waals surface area contributed by atoms with Crippen LogP contribution in [-0.2, 0) is 20.1 Å². The molecular weight excluding hydrogens is 342 g/mol. The topological polar surface area (TPSA) is 79.6 Å². The molecule has 0 atom stereocenters. The van der Waals surface area contributed by atoms with Gasteiger partial charge in [0, 0.05) is 32.7 Å². The summed E-state index contributed by atoms with van der Waals surface area (Å²) >= 11 is 0. The molecule has 0 bridgehead atoms. The number of hydrogen-bond donors (Lipinski definition) is 2. The van der Waals surface area contributed by atoms with E-state index < -0.39 is 0 Å². The summed E-state index contributed by atoms with van der Waals surface area (Å²) < 4.78 is 7.74. The van der Waals surface area contributed by atoms with E-state index in [-0.39, 0.29) is 0 Å². The maximum Gasteiger partial charge on any atom is 0.191 e. The first-order valence-electron chi connectivity index (χ1n) is 9.38. The Labute approximate surface area is 161 Å². The molecule has 0 saturated heterocycles. The summed E-state index contributed by atoms with van der Waals surface area (Å²) in [7, 11) is 3.62. The highest BCUT2D eigenvalue weighted by atomic mass is 16.5. The van der Waals surface area contributed by atoms with Crippen LogP contribution in [0.1, 0.15) is 25.2 Å². The Bertz CT molecular complexity index is 710. The average Bonchev–Trinajstić information content (AvgIpc) is 3.11. The largest absolute Gasteiger partial charge is 0.492 e. The normalized spacial score (nSPS) is 11.7. The van der Waals surface area contributed by atoms with Crippen LogP contribution < -0.4 is 15.4 Å². The van der Waals surface area contributed by atoms with Crippen molar-refractivity contribution in [2.24, 2.45) is 12.0 Å². The second kappa shape index (κ2) is 11.2. The van der Waals surface area contributed by atoms with E-state index in [1.807, 2.05) is 25.2 Å². The van der Waals surface area contributed by atoms with E-state index in [0.29, 0.717) is 25.7 Å². The third kappa shape index (κ3) is 6.56. The van der Waals surface area contributed by atoms with Crippen molar-refractivity contribution in [3.63, 3.8) is 0 Å². The second-order valence-electron chi connectivity index (χ2n) is 6.06. The number of benzene rings is 1. The molecule has 148 valence electrons. The van der Waals surface area contributed by atoms with Gasteiger partial charge in [-0.15, -0.1) is 0 Å². The monoisotopic (exact) mass is 373 g/mol. The van der Waals surface area contributed by atoms with E-state index in [0.717, 1.165) is 36.8 Å². The first-order chi connectivity index (χ1) is 13.2. The number of aromatic nitrogens is 3. The van der Waals surface area contributed by atoms with Crippen molar-refractivity contribution in [1.29, 1.82) is 0 Å². The van der Waals surface area contributed by atoms with Gasteiger partial charge in [0.25, 0.3) is 0 Å². The number of likely N-dealkylation sites (N-methyl/N-ethyl adjacent to an activating group) is 1. The molecule has 1 heterocycles. The summed E-state index contributed by atoms with van der Waals surface area (Å²) in [6, 6.07) is 8.09. The highest BCUT2D eigenvalue weighted by Gasteiger charge is 2.07. The fourth-order valence-corrected chi connectivity index (χ4v) is 2.66. The van der Waals surface area contributed by atoms with E-state index in [1.54, 1.807) is 18.1 Å². The lowest BCUT2D eigenvalue weighted by Crippen LogP contribution is -2.37. The van der Waals surface area contributed by atoms with Crippen LogP contribution in [0.25, 0.3) is 0 Å². The Balaban J connectivity index is 1.86. The van der Waals surface area contributed by atoms with Crippen molar-refractivity contribution in [3.05, 3.63) is 42.0 Å². The fourth-order valence-electron chi connectivity index (χ4n) is 2.66. The van der Waals surface area contributed by atoms with E-state index in [2.05, 4.69) is 50.5 Å². The van der Waals surface area contributed by atoms with Crippen LogP contribution in [0.15, 0.2) is 35.6 Å². The highest BCUT2D eigenvalue weighted by Crippen LogP contribution is 2.17.